The second-order valence-electron chi connectivity index (χ2n) is 8.88. The van der Waals surface area contributed by atoms with E-state index >= 15 is 0 Å². The first-order chi connectivity index (χ1) is 18.8. The molecule has 2 aromatic heterocycles. The Morgan fingerprint density at radius 3 is 2.18 bits per heavy atom. The SMILES string of the molecule is CC(=O)N1CCN(C(=O)c2ccc(Nc3nccc(-c4ccc(NS(=O)(=O)c5cccs5)cc4)n3)cc2)CC1. The van der Waals surface area contributed by atoms with Crippen molar-refractivity contribution < 1.29 is 18.0 Å². The number of rotatable bonds is 7. The van der Waals surface area contributed by atoms with Crippen LogP contribution in [-0.4, -0.2) is 66.2 Å². The molecule has 39 heavy (non-hydrogen) atoms. The van der Waals surface area contributed by atoms with E-state index in [1.807, 2.05) is 0 Å². The Kier molecular flexibility index (Phi) is 7.57. The van der Waals surface area contributed by atoms with Crippen molar-refractivity contribution in [2.45, 2.75) is 11.1 Å². The molecular weight excluding hydrogens is 536 g/mol. The van der Waals surface area contributed by atoms with Crippen molar-refractivity contribution >= 4 is 50.5 Å². The van der Waals surface area contributed by atoms with Gasteiger partial charge in [0, 0.05) is 61.8 Å². The van der Waals surface area contributed by atoms with E-state index in [2.05, 4.69) is 20.0 Å². The summed E-state index contributed by atoms with van der Waals surface area (Å²) in [6, 6.07) is 19.1. The molecule has 200 valence electrons. The van der Waals surface area contributed by atoms with Crippen LogP contribution >= 0.6 is 11.3 Å². The zero-order valence-electron chi connectivity index (χ0n) is 21.1. The third-order valence-corrected chi connectivity index (χ3v) is 9.03. The van der Waals surface area contributed by atoms with E-state index in [-0.39, 0.29) is 16.0 Å². The van der Waals surface area contributed by atoms with Crippen molar-refractivity contribution in [3.63, 3.8) is 0 Å². The van der Waals surface area contributed by atoms with Gasteiger partial charge in [-0.3, -0.25) is 14.3 Å². The number of hydrogen-bond donors (Lipinski definition) is 2. The number of sulfonamides is 1. The minimum absolute atomic E-state index is 0.0260. The van der Waals surface area contributed by atoms with Crippen molar-refractivity contribution in [2.75, 3.05) is 36.2 Å². The number of nitrogens with zero attached hydrogens (tertiary/aromatic N) is 4. The molecule has 1 fully saturated rings. The van der Waals surface area contributed by atoms with Gasteiger partial charge in [0.15, 0.2) is 0 Å². The number of anilines is 3. The number of benzene rings is 2. The quantitative estimate of drug-likeness (QED) is 0.348. The Morgan fingerprint density at radius 1 is 0.872 bits per heavy atom. The zero-order chi connectivity index (χ0) is 27.4. The molecule has 0 spiro atoms. The fraction of sp³-hybridized carbons (Fsp3) is 0.185. The Morgan fingerprint density at radius 2 is 1.54 bits per heavy atom. The van der Waals surface area contributed by atoms with Crippen molar-refractivity contribution in [3.8, 4) is 11.3 Å². The van der Waals surface area contributed by atoms with Gasteiger partial charge in [-0.15, -0.1) is 11.3 Å². The smallest absolute Gasteiger partial charge is 0.271 e. The van der Waals surface area contributed by atoms with E-state index in [0.29, 0.717) is 49.1 Å². The highest BCUT2D eigenvalue weighted by molar-refractivity contribution is 7.94. The number of piperazine rings is 1. The van der Waals surface area contributed by atoms with E-state index < -0.39 is 10.0 Å². The van der Waals surface area contributed by atoms with Crippen LogP contribution in [-0.2, 0) is 14.8 Å². The zero-order valence-corrected chi connectivity index (χ0v) is 22.7. The van der Waals surface area contributed by atoms with Crippen LogP contribution in [0.3, 0.4) is 0 Å². The topological polar surface area (TPSA) is 125 Å². The predicted octanol–water partition coefficient (Wildman–Crippen LogP) is 4.05. The van der Waals surface area contributed by atoms with Crippen LogP contribution in [0.25, 0.3) is 11.3 Å². The van der Waals surface area contributed by atoms with Gasteiger partial charge in [0.2, 0.25) is 11.9 Å². The van der Waals surface area contributed by atoms with Gasteiger partial charge in [-0.05, 0) is 53.9 Å². The minimum atomic E-state index is -3.61. The fourth-order valence-electron chi connectivity index (χ4n) is 4.14. The number of carbonyl (C=O) groups excluding carboxylic acids is 2. The molecule has 0 bridgehead atoms. The Bertz CT molecular complexity index is 1570. The molecule has 0 unspecified atom stereocenters. The lowest BCUT2D eigenvalue weighted by Gasteiger charge is -2.34. The summed E-state index contributed by atoms with van der Waals surface area (Å²) >= 11 is 1.16. The summed E-state index contributed by atoms with van der Waals surface area (Å²) in [7, 11) is -3.61. The first kappa shape index (κ1) is 26.3. The molecular formula is C27H26N6O4S2. The molecule has 4 aromatic rings. The summed E-state index contributed by atoms with van der Waals surface area (Å²) in [4.78, 5) is 36.7. The molecule has 0 saturated carbocycles. The van der Waals surface area contributed by atoms with Gasteiger partial charge in [-0.2, -0.15) is 0 Å². The van der Waals surface area contributed by atoms with Gasteiger partial charge < -0.3 is 15.1 Å². The average molecular weight is 563 g/mol. The van der Waals surface area contributed by atoms with Crippen molar-refractivity contribution in [1.82, 2.24) is 19.8 Å². The van der Waals surface area contributed by atoms with E-state index in [9.17, 15) is 18.0 Å². The predicted molar refractivity (Wildman–Crippen MR) is 150 cm³/mol. The lowest BCUT2D eigenvalue weighted by atomic mass is 10.1. The van der Waals surface area contributed by atoms with E-state index in [1.54, 1.807) is 95.0 Å². The maximum atomic E-state index is 12.8. The van der Waals surface area contributed by atoms with E-state index in [4.69, 9.17) is 0 Å². The lowest BCUT2D eigenvalue weighted by Crippen LogP contribution is -2.50. The van der Waals surface area contributed by atoms with Crippen LogP contribution in [0.5, 0.6) is 0 Å². The molecule has 1 aliphatic rings. The minimum Gasteiger partial charge on any atom is -0.339 e. The van der Waals surface area contributed by atoms with Crippen molar-refractivity contribution in [1.29, 1.82) is 0 Å². The number of nitrogens with one attached hydrogen (secondary N) is 2. The molecule has 0 aliphatic carbocycles. The lowest BCUT2D eigenvalue weighted by molar-refractivity contribution is -0.130. The van der Waals surface area contributed by atoms with Crippen LogP contribution < -0.4 is 10.0 Å². The molecule has 3 heterocycles. The Balaban J connectivity index is 1.22. The highest BCUT2D eigenvalue weighted by Gasteiger charge is 2.23. The molecule has 0 atom stereocenters. The van der Waals surface area contributed by atoms with Gasteiger partial charge in [0.05, 0.1) is 5.69 Å². The largest absolute Gasteiger partial charge is 0.339 e. The molecule has 2 N–H and O–H groups in total. The highest BCUT2D eigenvalue weighted by atomic mass is 32.2. The van der Waals surface area contributed by atoms with Crippen molar-refractivity contribution in [2.24, 2.45) is 0 Å². The standard InChI is InChI=1S/C27H26N6O4S2/c1-19(34)32-14-16-33(17-15-32)26(35)21-6-8-22(9-7-21)29-27-28-13-12-24(30-27)20-4-10-23(11-5-20)31-39(36,37)25-3-2-18-38-25/h2-13,18,31H,14-17H2,1H3,(H,28,29,30). The molecule has 12 heteroatoms. The molecule has 1 aliphatic heterocycles. The molecule has 10 nitrogen and oxygen atoms in total. The Hall–Kier alpha value is -4.29. The fourth-order valence-corrected chi connectivity index (χ4v) is 6.19. The number of carbonyl (C=O) groups is 2. The van der Waals surface area contributed by atoms with Gasteiger partial charge in [-0.1, -0.05) is 18.2 Å². The van der Waals surface area contributed by atoms with Gasteiger partial charge in [0.1, 0.15) is 4.21 Å². The molecule has 5 rings (SSSR count). The summed E-state index contributed by atoms with van der Waals surface area (Å²) in [6.45, 7) is 3.66. The molecule has 2 amide bonds. The number of aromatic nitrogens is 2. The van der Waals surface area contributed by atoms with Gasteiger partial charge >= 0.3 is 0 Å². The van der Waals surface area contributed by atoms with Crippen LogP contribution in [0.4, 0.5) is 17.3 Å². The normalized spacial score (nSPS) is 13.7. The molecule has 0 radical (unpaired) electrons. The summed E-state index contributed by atoms with van der Waals surface area (Å²) in [6.07, 6.45) is 1.64. The average Bonchev–Trinajstić information content (AvgIpc) is 3.50. The first-order valence-electron chi connectivity index (χ1n) is 12.2. The number of hydrogen-bond acceptors (Lipinski definition) is 8. The summed E-state index contributed by atoms with van der Waals surface area (Å²) < 4.78 is 27.7. The summed E-state index contributed by atoms with van der Waals surface area (Å²) in [5.74, 6) is 0.344. The molecule has 1 saturated heterocycles. The van der Waals surface area contributed by atoms with Gasteiger partial charge in [-0.25, -0.2) is 18.4 Å². The third kappa shape index (κ3) is 6.24. The summed E-state index contributed by atoms with van der Waals surface area (Å²) in [5.41, 5.74) is 3.21. The third-order valence-electron chi connectivity index (χ3n) is 6.25. The van der Waals surface area contributed by atoms with Crippen LogP contribution in [0, 0.1) is 0 Å². The van der Waals surface area contributed by atoms with E-state index in [0.717, 1.165) is 22.6 Å². The first-order valence-corrected chi connectivity index (χ1v) is 14.6. The number of amides is 2. The second kappa shape index (κ2) is 11.2. The summed E-state index contributed by atoms with van der Waals surface area (Å²) in [5, 5.41) is 4.87. The highest BCUT2D eigenvalue weighted by Crippen LogP contribution is 2.24. The van der Waals surface area contributed by atoms with Crippen LogP contribution in [0.1, 0.15) is 17.3 Å². The second-order valence-corrected chi connectivity index (χ2v) is 11.7. The Labute approximate surface area is 230 Å². The maximum Gasteiger partial charge on any atom is 0.271 e. The van der Waals surface area contributed by atoms with Gasteiger partial charge in [0.25, 0.3) is 15.9 Å². The molecule has 2 aromatic carbocycles. The van der Waals surface area contributed by atoms with E-state index in [1.165, 1.54) is 0 Å². The maximum absolute atomic E-state index is 12.8. The van der Waals surface area contributed by atoms with Crippen molar-refractivity contribution in [3.05, 3.63) is 83.9 Å². The monoisotopic (exact) mass is 562 g/mol. The van der Waals surface area contributed by atoms with Crippen LogP contribution in [0.2, 0.25) is 0 Å². The number of thiophene rings is 1. The van der Waals surface area contributed by atoms with Crippen LogP contribution in [0.15, 0.2) is 82.5 Å².